The lowest BCUT2D eigenvalue weighted by molar-refractivity contribution is -0.126. The molecule has 0 bridgehead atoms. The number of piperidine rings is 1. The molecule has 0 saturated carbocycles. The maximum Gasteiger partial charge on any atom is 0.224 e. The van der Waals surface area contributed by atoms with Crippen LogP contribution in [0.1, 0.15) is 18.4 Å². The van der Waals surface area contributed by atoms with Crippen molar-refractivity contribution in [1.29, 1.82) is 0 Å². The Bertz CT molecular complexity index is 664. The van der Waals surface area contributed by atoms with Crippen molar-refractivity contribution >= 4 is 39.1 Å². The van der Waals surface area contributed by atoms with Gasteiger partial charge in [0, 0.05) is 29.7 Å². The molecule has 1 aliphatic heterocycles. The van der Waals surface area contributed by atoms with Crippen molar-refractivity contribution in [3.8, 4) is 0 Å². The summed E-state index contributed by atoms with van der Waals surface area (Å²) >= 11 is 11.9. The first-order valence-corrected chi connectivity index (χ1v) is 9.54. The fraction of sp³-hybridized carbons (Fsp3) is 0.500. The van der Waals surface area contributed by atoms with E-state index < -0.39 is 10.0 Å². The van der Waals surface area contributed by atoms with Crippen LogP contribution in [0.4, 0.5) is 0 Å². The summed E-state index contributed by atoms with van der Waals surface area (Å²) in [5.74, 6) is -0.478. The minimum Gasteiger partial charge on any atom is -0.352 e. The average molecular weight is 365 g/mol. The van der Waals surface area contributed by atoms with Gasteiger partial charge in [0.15, 0.2) is 0 Å². The quantitative estimate of drug-likeness (QED) is 0.890. The third-order valence-electron chi connectivity index (χ3n) is 3.69. The van der Waals surface area contributed by atoms with E-state index in [9.17, 15) is 13.2 Å². The van der Waals surface area contributed by atoms with Crippen LogP contribution in [0.25, 0.3) is 0 Å². The van der Waals surface area contributed by atoms with E-state index in [1.807, 2.05) is 0 Å². The van der Waals surface area contributed by atoms with Crippen LogP contribution >= 0.6 is 23.2 Å². The number of carbonyl (C=O) groups is 1. The standard InChI is InChI=1S/C14H18Cl2N2O3S/c1-22(20,21)18-6-2-3-11(9-18)14(19)17-8-10-4-5-12(15)7-13(10)16/h4-5,7,11H,2-3,6,8-9H2,1H3,(H,17,19). The fourth-order valence-electron chi connectivity index (χ4n) is 2.45. The molecule has 1 unspecified atom stereocenters. The van der Waals surface area contributed by atoms with Gasteiger partial charge in [-0.1, -0.05) is 29.3 Å². The van der Waals surface area contributed by atoms with Gasteiger partial charge in [-0.05, 0) is 30.5 Å². The van der Waals surface area contributed by atoms with Crippen molar-refractivity contribution in [2.24, 2.45) is 5.92 Å². The second kappa shape index (κ2) is 7.17. The van der Waals surface area contributed by atoms with Crippen LogP contribution in [-0.2, 0) is 21.4 Å². The maximum absolute atomic E-state index is 12.2. The molecule has 2 rings (SSSR count). The summed E-state index contributed by atoms with van der Waals surface area (Å²) in [4.78, 5) is 12.2. The number of benzene rings is 1. The summed E-state index contributed by atoms with van der Waals surface area (Å²) in [6.07, 6.45) is 2.54. The van der Waals surface area contributed by atoms with E-state index in [2.05, 4.69) is 5.32 Å². The van der Waals surface area contributed by atoms with Crippen LogP contribution in [0.15, 0.2) is 18.2 Å². The summed E-state index contributed by atoms with van der Waals surface area (Å²) < 4.78 is 24.5. The molecule has 1 heterocycles. The first-order chi connectivity index (χ1) is 10.3. The molecule has 0 aliphatic carbocycles. The van der Waals surface area contributed by atoms with E-state index in [0.29, 0.717) is 36.0 Å². The molecular weight excluding hydrogens is 347 g/mol. The summed E-state index contributed by atoms with van der Waals surface area (Å²) in [6, 6.07) is 5.09. The van der Waals surface area contributed by atoms with E-state index in [-0.39, 0.29) is 18.4 Å². The highest BCUT2D eigenvalue weighted by Gasteiger charge is 2.29. The number of nitrogens with zero attached hydrogens (tertiary/aromatic N) is 1. The first kappa shape index (κ1) is 17.5. The highest BCUT2D eigenvalue weighted by atomic mass is 35.5. The fourth-order valence-corrected chi connectivity index (χ4v) is 3.84. The smallest absolute Gasteiger partial charge is 0.224 e. The minimum absolute atomic E-state index is 0.153. The first-order valence-electron chi connectivity index (χ1n) is 6.94. The van der Waals surface area contributed by atoms with Gasteiger partial charge in [0.05, 0.1) is 12.2 Å². The van der Waals surface area contributed by atoms with Gasteiger partial charge in [0.25, 0.3) is 0 Å². The molecule has 0 radical (unpaired) electrons. The van der Waals surface area contributed by atoms with Gasteiger partial charge in [-0.25, -0.2) is 12.7 Å². The molecule has 5 nitrogen and oxygen atoms in total. The van der Waals surface area contributed by atoms with Crippen molar-refractivity contribution in [2.45, 2.75) is 19.4 Å². The molecule has 1 aliphatic rings. The van der Waals surface area contributed by atoms with Gasteiger partial charge < -0.3 is 5.32 Å². The molecule has 8 heteroatoms. The predicted molar refractivity (Wildman–Crippen MR) is 87.4 cm³/mol. The van der Waals surface area contributed by atoms with Gasteiger partial charge >= 0.3 is 0 Å². The zero-order chi connectivity index (χ0) is 16.3. The Balaban J connectivity index is 1.94. The SMILES string of the molecule is CS(=O)(=O)N1CCCC(C(=O)NCc2ccc(Cl)cc2Cl)C1. The Morgan fingerprint density at radius 2 is 2.14 bits per heavy atom. The molecule has 1 N–H and O–H groups in total. The van der Waals surface area contributed by atoms with Gasteiger partial charge in [0.1, 0.15) is 0 Å². The van der Waals surface area contributed by atoms with Crippen LogP contribution in [-0.4, -0.2) is 38.0 Å². The Hall–Kier alpha value is -0.820. The van der Waals surface area contributed by atoms with Crippen LogP contribution in [0.3, 0.4) is 0 Å². The third-order valence-corrected chi connectivity index (χ3v) is 5.55. The van der Waals surface area contributed by atoms with Gasteiger partial charge in [-0.3, -0.25) is 4.79 Å². The van der Waals surface area contributed by atoms with E-state index in [4.69, 9.17) is 23.2 Å². The maximum atomic E-state index is 12.2. The van der Waals surface area contributed by atoms with Crippen molar-refractivity contribution in [1.82, 2.24) is 9.62 Å². The largest absolute Gasteiger partial charge is 0.352 e. The van der Waals surface area contributed by atoms with Crippen LogP contribution in [0, 0.1) is 5.92 Å². The van der Waals surface area contributed by atoms with E-state index in [1.54, 1.807) is 18.2 Å². The Labute approximate surface area is 140 Å². The number of amides is 1. The number of halogens is 2. The normalized spacial score (nSPS) is 19.9. The third kappa shape index (κ3) is 4.59. The molecule has 1 aromatic rings. The summed E-state index contributed by atoms with van der Waals surface area (Å²) in [5, 5.41) is 3.85. The molecule has 1 atom stereocenters. The van der Waals surface area contributed by atoms with Crippen molar-refractivity contribution in [3.05, 3.63) is 33.8 Å². The Morgan fingerprint density at radius 3 is 2.77 bits per heavy atom. The monoisotopic (exact) mass is 364 g/mol. The highest BCUT2D eigenvalue weighted by molar-refractivity contribution is 7.88. The lowest BCUT2D eigenvalue weighted by Gasteiger charge is -2.30. The topological polar surface area (TPSA) is 66.5 Å². The number of carbonyl (C=O) groups excluding carboxylic acids is 1. The number of rotatable bonds is 4. The molecule has 1 fully saturated rings. The predicted octanol–water partition coefficient (Wildman–Crippen LogP) is 2.28. The molecule has 0 aromatic heterocycles. The Morgan fingerprint density at radius 1 is 1.41 bits per heavy atom. The second-order valence-corrected chi connectivity index (χ2v) is 8.24. The molecule has 0 spiro atoms. The van der Waals surface area contributed by atoms with E-state index in [1.165, 1.54) is 10.6 Å². The van der Waals surface area contributed by atoms with Crippen LogP contribution in [0.5, 0.6) is 0 Å². The molecule has 122 valence electrons. The summed E-state index contributed by atoms with van der Waals surface area (Å²) in [5.41, 5.74) is 0.773. The minimum atomic E-state index is -3.25. The van der Waals surface area contributed by atoms with Gasteiger partial charge in [-0.2, -0.15) is 0 Å². The van der Waals surface area contributed by atoms with Gasteiger partial charge in [0.2, 0.25) is 15.9 Å². The molecule has 1 amide bonds. The number of sulfonamides is 1. The van der Waals surface area contributed by atoms with Crippen LogP contribution in [0.2, 0.25) is 10.0 Å². The molecular formula is C14H18Cl2N2O3S. The summed E-state index contributed by atoms with van der Waals surface area (Å²) in [7, 11) is -3.25. The lowest BCUT2D eigenvalue weighted by atomic mass is 9.99. The second-order valence-electron chi connectivity index (χ2n) is 5.41. The van der Waals surface area contributed by atoms with Crippen molar-refractivity contribution < 1.29 is 13.2 Å². The molecule has 22 heavy (non-hydrogen) atoms. The summed E-state index contributed by atoms with van der Waals surface area (Å²) in [6.45, 7) is 1.01. The van der Waals surface area contributed by atoms with Crippen molar-refractivity contribution in [2.75, 3.05) is 19.3 Å². The highest BCUT2D eigenvalue weighted by Crippen LogP contribution is 2.22. The van der Waals surface area contributed by atoms with Crippen molar-refractivity contribution in [3.63, 3.8) is 0 Å². The van der Waals surface area contributed by atoms with Crippen LogP contribution < -0.4 is 5.32 Å². The number of hydrogen-bond acceptors (Lipinski definition) is 3. The lowest BCUT2D eigenvalue weighted by Crippen LogP contribution is -2.44. The van der Waals surface area contributed by atoms with E-state index >= 15 is 0 Å². The van der Waals surface area contributed by atoms with Gasteiger partial charge in [-0.15, -0.1) is 0 Å². The Kier molecular flexibility index (Phi) is 5.71. The zero-order valence-electron chi connectivity index (χ0n) is 12.2. The van der Waals surface area contributed by atoms with E-state index in [0.717, 1.165) is 5.56 Å². The number of hydrogen-bond donors (Lipinski definition) is 1. The zero-order valence-corrected chi connectivity index (χ0v) is 14.5. The average Bonchev–Trinajstić information content (AvgIpc) is 2.45. The molecule has 1 saturated heterocycles. The number of nitrogens with one attached hydrogen (secondary N) is 1. The molecule has 1 aromatic carbocycles.